The van der Waals surface area contributed by atoms with E-state index in [2.05, 4.69) is 0 Å². The van der Waals surface area contributed by atoms with Crippen molar-refractivity contribution in [3.63, 3.8) is 0 Å². The van der Waals surface area contributed by atoms with Crippen LogP contribution in [0.3, 0.4) is 0 Å². The van der Waals surface area contributed by atoms with Gasteiger partial charge in [-0.2, -0.15) is 0 Å². The van der Waals surface area contributed by atoms with Crippen LogP contribution in [0, 0.1) is 0 Å². The average molecular weight is 194 g/mol. The maximum Gasteiger partial charge on any atom is 0.229 e. The number of hydrogen-bond donors (Lipinski definition) is 0. The first kappa shape index (κ1) is 8.63. The molecule has 3 heteroatoms. The summed E-state index contributed by atoms with van der Waals surface area (Å²) in [5, 5.41) is 0.156. The zero-order chi connectivity index (χ0) is 9.10. The number of carbonyl (C=O) groups is 1. The molecule has 0 N–H and O–H groups in total. The monoisotopic (exact) mass is 194 g/mol. The van der Waals surface area contributed by atoms with Crippen molar-refractivity contribution in [3.8, 4) is 5.75 Å². The van der Waals surface area contributed by atoms with Crippen LogP contribution >= 0.6 is 11.8 Å². The Balaban J connectivity index is 2.02. The summed E-state index contributed by atoms with van der Waals surface area (Å²) in [6.45, 7) is 0. The molecule has 13 heavy (non-hydrogen) atoms. The molecule has 0 amide bonds. The highest BCUT2D eigenvalue weighted by molar-refractivity contribution is 8.14. The summed E-state index contributed by atoms with van der Waals surface area (Å²) in [6.07, 6.45) is 0.602. The lowest BCUT2D eigenvalue weighted by Crippen LogP contribution is -2.19. The Morgan fingerprint density at radius 2 is 2.08 bits per heavy atom. The molecule has 0 saturated carbocycles. The van der Waals surface area contributed by atoms with Gasteiger partial charge in [-0.15, -0.1) is 0 Å². The zero-order valence-electron chi connectivity index (χ0n) is 7.10. The summed E-state index contributed by atoms with van der Waals surface area (Å²) in [5.74, 6) is 1.67. The van der Waals surface area contributed by atoms with Crippen LogP contribution in [0.2, 0.25) is 0 Å². The topological polar surface area (TPSA) is 26.3 Å². The van der Waals surface area contributed by atoms with E-state index in [-0.39, 0.29) is 11.2 Å². The van der Waals surface area contributed by atoms with Crippen molar-refractivity contribution in [1.82, 2.24) is 0 Å². The van der Waals surface area contributed by atoms with E-state index in [1.54, 1.807) is 0 Å². The number of thioether (sulfide) groups is 1. The SMILES string of the molecule is O=C1SCCC1Oc1ccccc1. The van der Waals surface area contributed by atoms with Gasteiger partial charge in [0.2, 0.25) is 5.12 Å². The number of rotatable bonds is 2. The Kier molecular flexibility index (Phi) is 2.54. The second kappa shape index (κ2) is 3.83. The molecule has 1 atom stereocenters. The zero-order valence-corrected chi connectivity index (χ0v) is 7.92. The van der Waals surface area contributed by atoms with Crippen LogP contribution in [0.1, 0.15) is 6.42 Å². The Morgan fingerprint density at radius 1 is 1.31 bits per heavy atom. The molecular weight excluding hydrogens is 184 g/mol. The van der Waals surface area contributed by atoms with Crippen LogP contribution in [0.4, 0.5) is 0 Å². The van der Waals surface area contributed by atoms with E-state index in [0.29, 0.717) is 0 Å². The number of hydrogen-bond acceptors (Lipinski definition) is 3. The third kappa shape index (κ3) is 2.04. The van der Waals surface area contributed by atoms with Crippen molar-refractivity contribution in [2.45, 2.75) is 12.5 Å². The lowest BCUT2D eigenvalue weighted by molar-refractivity contribution is -0.116. The summed E-state index contributed by atoms with van der Waals surface area (Å²) in [6, 6.07) is 9.48. The smallest absolute Gasteiger partial charge is 0.229 e. The molecule has 0 spiro atoms. The van der Waals surface area contributed by atoms with Gasteiger partial charge in [0.1, 0.15) is 5.75 Å². The van der Waals surface area contributed by atoms with Crippen molar-refractivity contribution in [2.24, 2.45) is 0 Å². The highest BCUT2D eigenvalue weighted by atomic mass is 32.2. The highest BCUT2D eigenvalue weighted by Crippen LogP contribution is 2.24. The van der Waals surface area contributed by atoms with Gasteiger partial charge in [-0.25, -0.2) is 0 Å². The molecule has 1 aromatic carbocycles. The lowest BCUT2D eigenvalue weighted by atomic mass is 10.3. The molecular formula is C10H10O2S. The summed E-state index contributed by atoms with van der Waals surface area (Å²) in [5.41, 5.74) is 0. The molecule has 0 aliphatic carbocycles. The first-order valence-corrected chi connectivity index (χ1v) is 5.23. The van der Waals surface area contributed by atoms with E-state index in [4.69, 9.17) is 4.74 Å². The van der Waals surface area contributed by atoms with E-state index in [9.17, 15) is 4.79 Å². The molecule has 0 radical (unpaired) electrons. The van der Waals surface area contributed by atoms with E-state index >= 15 is 0 Å². The van der Waals surface area contributed by atoms with E-state index in [1.165, 1.54) is 11.8 Å². The summed E-state index contributed by atoms with van der Waals surface area (Å²) in [4.78, 5) is 11.2. The van der Waals surface area contributed by atoms with Crippen LogP contribution in [-0.2, 0) is 4.79 Å². The van der Waals surface area contributed by atoms with Crippen molar-refractivity contribution < 1.29 is 9.53 Å². The minimum atomic E-state index is -0.229. The van der Waals surface area contributed by atoms with Crippen LogP contribution in [0.5, 0.6) is 5.75 Å². The second-order valence-corrected chi connectivity index (χ2v) is 3.98. The van der Waals surface area contributed by atoms with Gasteiger partial charge >= 0.3 is 0 Å². The maximum absolute atomic E-state index is 11.2. The predicted octanol–water partition coefficient (Wildman–Crippen LogP) is 2.10. The molecule has 1 aliphatic rings. The van der Waals surface area contributed by atoms with Crippen LogP contribution in [-0.4, -0.2) is 17.0 Å². The Morgan fingerprint density at radius 3 is 2.69 bits per heavy atom. The van der Waals surface area contributed by atoms with Crippen molar-refractivity contribution in [2.75, 3.05) is 5.75 Å². The van der Waals surface area contributed by atoms with E-state index in [1.807, 2.05) is 30.3 Å². The van der Waals surface area contributed by atoms with Crippen molar-refractivity contribution in [3.05, 3.63) is 30.3 Å². The Labute approximate surface area is 81.3 Å². The normalized spacial score (nSPS) is 21.8. The molecule has 1 aliphatic heterocycles. The molecule has 68 valence electrons. The van der Waals surface area contributed by atoms with Gasteiger partial charge in [0, 0.05) is 12.2 Å². The fourth-order valence-corrected chi connectivity index (χ4v) is 2.13. The largest absolute Gasteiger partial charge is 0.482 e. The summed E-state index contributed by atoms with van der Waals surface area (Å²) < 4.78 is 5.52. The van der Waals surface area contributed by atoms with Crippen LogP contribution in [0.25, 0.3) is 0 Å². The van der Waals surface area contributed by atoms with Gasteiger partial charge in [-0.3, -0.25) is 4.79 Å². The molecule has 1 aromatic rings. The van der Waals surface area contributed by atoms with Gasteiger partial charge < -0.3 is 4.74 Å². The van der Waals surface area contributed by atoms with Crippen LogP contribution < -0.4 is 4.74 Å². The van der Waals surface area contributed by atoms with Gasteiger partial charge in [-0.1, -0.05) is 30.0 Å². The van der Waals surface area contributed by atoms with Crippen molar-refractivity contribution >= 4 is 16.9 Å². The second-order valence-electron chi connectivity index (χ2n) is 2.88. The molecule has 0 bridgehead atoms. The van der Waals surface area contributed by atoms with Gasteiger partial charge in [0.25, 0.3) is 0 Å². The third-order valence-corrected chi connectivity index (χ3v) is 2.90. The Bertz CT molecular complexity index is 297. The fourth-order valence-electron chi connectivity index (χ4n) is 1.25. The fraction of sp³-hybridized carbons (Fsp3) is 0.300. The minimum absolute atomic E-state index is 0.156. The van der Waals surface area contributed by atoms with Gasteiger partial charge in [0.05, 0.1) is 0 Å². The van der Waals surface area contributed by atoms with E-state index in [0.717, 1.165) is 17.9 Å². The molecule has 1 fully saturated rings. The standard InChI is InChI=1S/C10H10O2S/c11-10-9(6-7-13-10)12-8-4-2-1-3-5-8/h1-5,9H,6-7H2. The van der Waals surface area contributed by atoms with Gasteiger partial charge in [0.15, 0.2) is 6.10 Å². The number of carbonyl (C=O) groups excluding carboxylic acids is 1. The number of benzene rings is 1. The number of para-hydroxylation sites is 1. The van der Waals surface area contributed by atoms with E-state index < -0.39 is 0 Å². The molecule has 1 unspecified atom stereocenters. The maximum atomic E-state index is 11.2. The molecule has 2 nitrogen and oxygen atoms in total. The molecule has 0 aromatic heterocycles. The quantitative estimate of drug-likeness (QED) is 0.721. The highest BCUT2D eigenvalue weighted by Gasteiger charge is 2.26. The van der Waals surface area contributed by atoms with Gasteiger partial charge in [-0.05, 0) is 12.1 Å². The summed E-state index contributed by atoms with van der Waals surface area (Å²) in [7, 11) is 0. The first-order valence-electron chi connectivity index (χ1n) is 4.24. The molecule has 1 saturated heterocycles. The number of ether oxygens (including phenoxy) is 1. The molecule has 1 heterocycles. The Hall–Kier alpha value is -0.960. The minimum Gasteiger partial charge on any atom is -0.482 e. The third-order valence-electron chi connectivity index (χ3n) is 1.91. The lowest BCUT2D eigenvalue weighted by Gasteiger charge is -2.10. The average Bonchev–Trinajstić information content (AvgIpc) is 2.54. The van der Waals surface area contributed by atoms with Crippen molar-refractivity contribution in [1.29, 1.82) is 0 Å². The first-order chi connectivity index (χ1) is 6.36. The summed E-state index contributed by atoms with van der Waals surface area (Å²) >= 11 is 1.36. The van der Waals surface area contributed by atoms with Crippen LogP contribution in [0.15, 0.2) is 30.3 Å². The molecule has 2 rings (SSSR count). The predicted molar refractivity (Wildman–Crippen MR) is 52.9 cm³/mol.